The van der Waals surface area contributed by atoms with Crippen LogP contribution in [-0.4, -0.2) is 0 Å². The Hall–Kier alpha value is -0.990. The van der Waals surface area contributed by atoms with Crippen LogP contribution in [0.2, 0.25) is 5.02 Å². The first-order valence-electron chi connectivity index (χ1n) is 5.81. The maximum atomic E-state index is 5.97. The summed E-state index contributed by atoms with van der Waals surface area (Å²) >= 11 is 9.41. The topological polar surface area (TPSA) is 12.0 Å². The predicted molar refractivity (Wildman–Crippen MR) is 82.4 cm³/mol. The van der Waals surface area contributed by atoms with Gasteiger partial charge < -0.3 is 5.32 Å². The van der Waals surface area contributed by atoms with Gasteiger partial charge in [0.05, 0.1) is 5.02 Å². The Labute approximate surface area is 121 Å². The molecule has 0 amide bonds. The van der Waals surface area contributed by atoms with Crippen molar-refractivity contribution < 1.29 is 0 Å². The van der Waals surface area contributed by atoms with Crippen molar-refractivity contribution in [2.45, 2.75) is 20.4 Å². The minimum absolute atomic E-state index is 0.741. The molecular formula is C15H15BrClN. The SMILES string of the molecule is Cc1cc(C)cc(NCc2ccc(Cl)c(Br)c2)c1. The van der Waals surface area contributed by atoms with E-state index in [9.17, 15) is 0 Å². The van der Waals surface area contributed by atoms with Gasteiger partial charge in [-0.3, -0.25) is 0 Å². The zero-order valence-electron chi connectivity index (χ0n) is 10.4. The van der Waals surface area contributed by atoms with E-state index in [4.69, 9.17) is 11.6 Å². The molecule has 3 heteroatoms. The lowest BCUT2D eigenvalue weighted by Gasteiger charge is -2.09. The molecule has 94 valence electrons. The summed E-state index contributed by atoms with van der Waals surface area (Å²) in [5, 5.41) is 4.17. The molecule has 2 rings (SSSR count). The standard InChI is InChI=1S/C15H15BrClN/c1-10-5-11(2)7-13(6-10)18-9-12-3-4-15(17)14(16)8-12/h3-8,18H,9H2,1-2H3. The Balaban J connectivity index is 2.08. The van der Waals surface area contributed by atoms with E-state index in [0.717, 1.165) is 21.7 Å². The Morgan fingerprint density at radius 3 is 2.33 bits per heavy atom. The number of rotatable bonds is 3. The first-order valence-corrected chi connectivity index (χ1v) is 6.98. The molecule has 0 aliphatic rings. The van der Waals surface area contributed by atoms with Crippen LogP contribution in [0.5, 0.6) is 0 Å². The normalized spacial score (nSPS) is 10.4. The van der Waals surface area contributed by atoms with Gasteiger partial charge in [0.15, 0.2) is 0 Å². The highest BCUT2D eigenvalue weighted by atomic mass is 79.9. The van der Waals surface area contributed by atoms with Gasteiger partial charge in [-0.2, -0.15) is 0 Å². The summed E-state index contributed by atoms with van der Waals surface area (Å²) in [6.07, 6.45) is 0. The number of anilines is 1. The van der Waals surface area contributed by atoms with Crippen molar-refractivity contribution >= 4 is 33.2 Å². The quantitative estimate of drug-likeness (QED) is 0.804. The number of hydrogen-bond donors (Lipinski definition) is 1. The molecule has 1 nitrogen and oxygen atoms in total. The molecule has 0 radical (unpaired) electrons. The number of halogens is 2. The van der Waals surface area contributed by atoms with E-state index < -0.39 is 0 Å². The van der Waals surface area contributed by atoms with Crippen molar-refractivity contribution in [2.24, 2.45) is 0 Å². The van der Waals surface area contributed by atoms with Gasteiger partial charge in [0, 0.05) is 16.7 Å². The highest BCUT2D eigenvalue weighted by molar-refractivity contribution is 9.10. The molecule has 0 fully saturated rings. The Kier molecular flexibility index (Phi) is 4.31. The summed E-state index contributed by atoms with van der Waals surface area (Å²) in [4.78, 5) is 0. The van der Waals surface area contributed by atoms with E-state index in [1.165, 1.54) is 16.7 Å². The Morgan fingerprint density at radius 2 is 1.72 bits per heavy atom. The van der Waals surface area contributed by atoms with Crippen molar-refractivity contribution in [1.82, 2.24) is 0 Å². The number of hydrogen-bond acceptors (Lipinski definition) is 1. The zero-order valence-corrected chi connectivity index (χ0v) is 12.8. The van der Waals surface area contributed by atoms with Crippen molar-refractivity contribution in [2.75, 3.05) is 5.32 Å². The molecular weight excluding hydrogens is 310 g/mol. The van der Waals surface area contributed by atoms with Crippen molar-refractivity contribution in [3.8, 4) is 0 Å². The van der Waals surface area contributed by atoms with E-state index in [0.29, 0.717) is 0 Å². The van der Waals surface area contributed by atoms with Crippen molar-refractivity contribution in [1.29, 1.82) is 0 Å². The average molecular weight is 325 g/mol. The van der Waals surface area contributed by atoms with E-state index in [-0.39, 0.29) is 0 Å². The minimum Gasteiger partial charge on any atom is -0.381 e. The van der Waals surface area contributed by atoms with Crippen LogP contribution in [-0.2, 0) is 6.54 Å². The lowest BCUT2D eigenvalue weighted by atomic mass is 10.1. The molecule has 0 aromatic heterocycles. The molecule has 0 bridgehead atoms. The van der Waals surface area contributed by atoms with Crippen LogP contribution in [0.3, 0.4) is 0 Å². The highest BCUT2D eigenvalue weighted by Crippen LogP contribution is 2.24. The summed E-state index contributed by atoms with van der Waals surface area (Å²) in [5.74, 6) is 0. The Morgan fingerprint density at radius 1 is 1.06 bits per heavy atom. The maximum Gasteiger partial charge on any atom is 0.0548 e. The molecule has 1 N–H and O–H groups in total. The fourth-order valence-corrected chi connectivity index (χ4v) is 2.47. The second-order valence-electron chi connectivity index (χ2n) is 4.48. The van der Waals surface area contributed by atoms with E-state index in [1.54, 1.807) is 0 Å². The Bertz CT molecular complexity index is 546. The van der Waals surface area contributed by atoms with Gasteiger partial charge in [-0.25, -0.2) is 0 Å². The third kappa shape index (κ3) is 3.50. The molecule has 0 saturated heterocycles. The van der Waals surface area contributed by atoms with Gasteiger partial charge in [0.1, 0.15) is 0 Å². The lowest BCUT2D eigenvalue weighted by Crippen LogP contribution is -2.00. The minimum atomic E-state index is 0.741. The van der Waals surface area contributed by atoms with Gasteiger partial charge >= 0.3 is 0 Å². The van der Waals surface area contributed by atoms with Crippen LogP contribution >= 0.6 is 27.5 Å². The van der Waals surface area contributed by atoms with E-state index in [1.807, 2.05) is 18.2 Å². The molecule has 2 aromatic rings. The van der Waals surface area contributed by atoms with Gasteiger partial charge in [-0.05, 0) is 70.7 Å². The molecule has 0 heterocycles. The van der Waals surface area contributed by atoms with Gasteiger partial charge in [-0.15, -0.1) is 0 Å². The molecule has 0 unspecified atom stereocenters. The maximum absolute atomic E-state index is 5.97. The van der Waals surface area contributed by atoms with Crippen LogP contribution in [0.15, 0.2) is 40.9 Å². The number of benzene rings is 2. The first-order chi connectivity index (χ1) is 8.54. The lowest BCUT2D eigenvalue weighted by molar-refractivity contribution is 1.14. The summed E-state index contributed by atoms with van der Waals surface area (Å²) < 4.78 is 0.934. The van der Waals surface area contributed by atoms with E-state index in [2.05, 4.69) is 53.3 Å². The van der Waals surface area contributed by atoms with Crippen molar-refractivity contribution in [3.63, 3.8) is 0 Å². The van der Waals surface area contributed by atoms with Crippen LogP contribution < -0.4 is 5.32 Å². The number of nitrogens with one attached hydrogen (secondary N) is 1. The molecule has 2 aromatic carbocycles. The van der Waals surface area contributed by atoms with Crippen LogP contribution in [0.4, 0.5) is 5.69 Å². The van der Waals surface area contributed by atoms with Gasteiger partial charge in [0.25, 0.3) is 0 Å². The number of aryl methyl sites for hydroxylation is 2. The third-order valence-corrected chi connectivity index (χ3v) is 3.92. The van der Waals surface area contributed by atoms with Gasteiger partial charge in [0.2, 0.25) is 0 Å². The first kappa shape index (κ1) is 13.4. The summed E-state index contributed by atoms with van der Waals surface area (Å²) in [7, 11) is 0. The summed E-state index contributed by atoms with van der Waals surface area (Å²) in [5.41, 5.74) is 4.90. The second-order valence-corrected chi connectivity index (χ2v) is 5.74. The summed E-state index contributed by atoms with van der Waals surface area (Å²) in [6.45, 7) is 5.01. The second kappa shape index (κ2) is 5.77. The fourth-order valence-electron chi connectivity index (χ4n) is 1.93. The largest absolute Gasteiger partial charge is 0.381 e. The predicted octanol–water partition coefficient (Wildman–Crippen LogP) is 5.33. The fraction of sp³-hybridized carbons (Fsp3) is 0.200. The van der Waals surface area contributed by atoms with Crippen LogP contribution in [0, 0.1) is 13.8 Å². The molecule has 0 saturated carbocycles. The molecule has 0 aliphatic heterocycles. The van der Waals surface area contributed by atoms with E-state index >= 15 is 0 Å². The monoisotopic (exact) mass is 323 g/mol. The highest BCUT2D eigenvalue weighted by Gasteiger charge is 2.00. The molecule has 0 atom stereocenters. The van der Waals surface area contributed by atoms with Crippen molar-refractivity contribution in [3.05, 3.63) is 62.6 Å². The molecule has 0 spiro atoms. The molecule has 0 aliphatic carbocycles. The summed E-state index contributed by atoms with van der Waals surface area (Å²) in [6, 6.07) is 12.4. The zero-order chi connectivity index (χ0) is 13.1. The molecule has 18 heavy (non-hydrogen) atoms. The third-order valence-electron chi connectivity index (χ3n) is 2.70. The smallest absolute Gasteiger partial charge is 0.0548 e. The average Bonchev–Trinajstić information content (AvgIpc) is 2.29. The van der Waals surface area contributed by atoms with Gasteiger partial charge in [-0.1, -0.05) is 23.7 Å². The van der Waals surface area contributed by atoms with Crippen LogP contribution in [0.1, 0.15) is 16.7 Å². The van der Waals surface area contributed by atoms with Crippen LogP contribution in [0.25, 0.3) is 0 Å².